The summed E-state index contributed by atoms with van der Waals surface area (Å²) in [6.45, 7) is 0. The molecule has 2 saturated heterocycles. The molecule has 6 nitrogen and oxygen atoms in total. The molecule has 0 aromatic heterocycles. The summed E-state index contributed by atoms with van der Waals surface area (Å²) in [6.07, 6.45) is 2.99. The number of carbonyl (C=O) groups excluding carboxylic acids is 1. The zero-order chi connectivity index (χ0) is 12.8. The monoisotopic (exact) mass is 257 g/mol. The summed E-state index contributed by atoms with van der Waals surface area (Å²) in [5.74, 6) is -1.08. The summed E-state index contributed by atoms with van der Waals surface area (Å²) in [7, 11) is 1.53. The van der Waals surface area contributed by atoms with Gasteiger partial charge < -0.3 is 24.7 Å². The molecule has 3 aliphatic rings. The molecule has 0 bridgehead atoms. The summed E-state index contributed by atoms with van der Waals surface area (Å²) in [4.78, 5) is 11.3. The lowest BCUT2D eigenvalue weighted by Gasteiger charge is -2.33. The van der Waals surface area contributed by atoms with Crippen LogP contribution in [-0.4, -0.2) is 43.4 Å². The van der Waals surface area contributed by atoms with Crippen molar-refractivity contribution in [3.05, 3.63) is 0 Å². The normalized spacial score (nSPS) is 42.1. The quantitative estimate of drug-likeness (QED) is 0.769. The van der Waals surface area contributed by atoms with Crippen molar-refractivity contribution < 1.29 is 23.7 Å². The molecule has 1 spiro atoms. The van der Waals surface area contributed by atoms with Crippen LogP contribution in [-0.2, 0) is 23.7 Å². The van der Waals surface area contributed by atoms with Crippen LogP contribution in [0, 0.1) is 0 Å². The SMILES string of the molecule is CO[C@@H]1[C@H]2OC3(CCCCC3)O[C@H]2O[C@@H]1C(N)=O. The molecule has 1 saturated carbocycles. The zero-order valence-corrected chi connectivity index (χ0v) is 10.5. The Balaban J connectivity index is 1.75. The van der Waals surface area contributed by atoms with Gasteiger partial charge in [0.1, 0.15) is 12.2 Å². The average molecular weight is 257 g/mol. The highest BCUT2D eigenvalue weighted by molar-refractivity contribution is 5.80. The highest BCUT2D eigenvalue weighted by Gasteiger charge is 2.59. The first kappa shape index (κ1) is 12.3. The van der Waals surface area contributed by atoms with Gasteiger partial charge in [-0.05, 0) is 12.8 Å². The maximum atomic E-state index is 11.3. The summed E-state index contributed by atoms with van der Waals surface area (Å²) in [5.41, 5.74) is 5.28. The maximum Gasteiger partial charge on any atom is 0.249 e. The minimum absolute atomic E-state index is 0.356. The van der Waals surface area contributed by atoms with Gasteiger partial charge >= 0.3 is 0 Å². The largest absolute Gasteiger partial charge is 0.375 e. The Morgan fingerprint density at radius 2 is 2.00 bits per heavy atom. The van der Waals surface area contributed by atoms with Crippen LogP contribution in [0.5, 0.6) is 0 Å². The van der Waals surface area contributed by atoms with E-state index in [1.165, 1.54) is 13.5 Å². The van der Waals surface area contributed by atoms with Gasteiger partial charge in [0.15, 0.2) is 18.2 Å². The van der Waals surface area contributed by atoms with E-state index in [1.807, 2.05) is 0 Å². The van der Waals surface area contributed by atoms with E-state index >= 15 is 0 Å². The highest BCUT2D eigenvalue weighted by atomic mass is 16.8. The predicted molar refractivity (Wildman–Crippen MR) is 60.4 cm³/mol. The maximum absolute atomic E-state index is 11.3. The van der Waals surface area contributed by atoms with Crippen molar-refractivity contribution in [2.45, 2.75) is 62.5 Å². The Kier molecular flexibility index (Phi) is 3.05. The second kappa shape index (κ2) is 4.45. The molecule has 3 fully saturated rings. The smallest absolute Gasteiger partial charge is 0.249 e. The third kappa shape index (κ3) is 1.84. The fourth-order valence-electron chi connectivity index (χ4n) is 3.14. The lowest BCUT2D eigenvalue weighted by Crippen LogP contribution is -2.44. The molecule has 1 amide bonds. The van der Waals surface area contributed by atoms with Crippen molar-refractivity contribution in [2.24, 2.45) is 5.73 Å². The Labute approximate surface area is 106 Å². The Bertz CT molecular complexity index is 341. The number of rotatable bonds is 2. The van der Waals surface area contributed by atoms with Crippen molar-refractivity contribution in [3.8, 4) is 0 Å². The van der Waals surface area contributed by atoms with E-state index in [4.69, 9.17) is 24.7 Å². The van der Waals surface area contributed by atoms with E-state index < -0.39 is 30.2 Å². The van der Waals surface area contributed by atoms with Gasteiger partial charge in [0.2, 0.25) is 5.91 Å². The van der Waals surface area contributed by atoms with Crippen LogP contribution in [0.15, 0.2) is 0 Å². The molecule has 2 N–H and O–H groups in total. The standard InChI is InChI=1S/C12H19NO5/c1-15-7-8(10(13)14)16-11-9(7)17-12(18-11)5-3-2-4-6-12/h7-9,11H,2-6H2,1H3,(H2,13,14)/t7-,8-,9+,11+/m0/s1. The molecule has 0 aromatic carbocycles. The number of ether oxygens (including phenoxy) is 4. The molecule has 1 aliphatic carbocycles. The molecule has 2 aliphatic heterocycles. The number of primary amides is 1. The van der Waals surface area contributed by atoms with Gasteiger partial charge in [0, 0.05) is 20.0 Å². The first-order chi connectivity index (χ1) is 8.65. The van der Waals surface area contributed by atoms with Crippen LogP contribution in [0.4, 0.5) is 0 Å². The minimum atomic E-state index is -0.786. The van der Waals surface area contributed by atoms with Gasteiger partial charge in [-0.1, -0.05) is 6.42 Å². The van der Waals surface area contributed by atoms with Crippen LogP contribution in [0.25, 0.3) is 0 Å². The number of amides is 1. The van der Waals surface area contributed by atoms with Gasteiger partial charge in [0.05, 0.1) is 0 Å². The molecular formula is C12H19NO5. The van der Waals surface area contributed by atoms with E-state index in [0.717, 1.165) is 25.7 Å². The molecule has 3 rings (SSSR count). The first-order valence-corrected chi connectivity index (χ1v) is 6.48. The van der Waals surface area contributed by atoms with Crippen LogP contribution < -0.4 is 5.73 Å². The van der Waals surface area contributed by atoms with Crippen molar-refractivity contribution in [3.63, 3.8) is 0 Å². The van der Waals surface area contributed by atoms with E-state index in [-0.39, 0.29) is 6.10 Å². The molecule has 0 unspecified atom stereocenters. The van der Waals surface area contributed by atoms with Crippen LogP contribution in [0.3, 0.4) is 0 Å². The van der Waals surface area contributed by atoms with Crippen LogP contribution >= 0.6 is 0 Å². The molecular weight excluding hydrogens is 238 g/mol. The summed E-state index contributed by atoms with van der Waals surface area (Å²) in [6, 6.07) is 0. The zero-order valence-electron chi connectivity index (χ0n) is 10.5. The lowest BCUT2D eigenvalue weighted by molar-refractivity contribution is -0.245. The molecule has 2 heterocycles. The second-order valence-electron chi connectivity index (χ2n) is 5.20. The van der Waals surface area contributed by atoms with Gasteiger partial charge in [-0.25, -0.2) is 0 Å². The van der Waals surface area contributed by atoms with E-state index in [2.05, 4.69) is 0 Å². The fourth-order valence-corrected chi connectivity index (χ4v) is 3.14. The molecule has 18 heavy (non-hydrogen) atoms. The molecule has 102 valence electrons. The third-order valence-electron chi connectivity index (χ3n) is 4.02. The number of nitrogens with two attached hydrogens (primary N) is 1. The lowest BCUT2D eigenvalue weighted by atomic mass is 9.94. The number of hydrogen-bond acceptors (Lipinski definition) is 5. The van der Waals surface area contributed by atoms with Crippen LogP contribution in [0.2, 0.25) is 0 Å². The average Bonchev–Trinajstić information content (AvgIpc) is 2.83. The van der Waals surface area contributed by atoms with E-state index in [9.17, 15) is 4.79 Å². The van der Waals surface area contributed by atoms with Crippen molar-refractivity contribution >= 4 is 5.91 Å². The molecule has 0 radical (unpaired) electrons. The van der Waals surface area contributed by atoms with Gasteiger partial charge in [-0.15, -0.1) is 0 Å². The number of hydrogen-bond donors (Lipinski definition) is 1. The number of carbonyl (C=O) groups is 1. The van der Waals surface area contributed by atoms with Gasteiger partial charge in [-0.3, -0.25) is 4.79 Å². The first-order valence-electron chi connectivity index (χ1n) is 6.48. The van der Waals surface area contributed by atoms with Crippen molar-refractivity contribution in [1.82, 2.24) is 0 Å². The number of fused-ring (bicyclic) bond motifs is 1. The predicted octanol–water partition coefficient (Wildman–Crippen LogP) is 0.287. The van der Waals surface area contributed by atoms with Crippen molar-refractivity contribution in [2.75, 3.05) is 7.11 Å². The Hall–Kier alpha value is -0.690. The van der Waals surface area contributed by atoms with Gasteiger partial charge in [-0.2, -0.15) is 0 Å². The molecule has 6 heteroatoms. The topological polar surface area (TPSA) is 80.0 Å². The van der Waals surface area contributed by atoms with Crippen LogP contribution in [0.1, 0.15) is 32.1 Å². The Morgan fingerprint density at radius 3 is 2.61 bits per heavy atom. The van der Waals surface area contributed by atoms with Crippen molar-refractivity contribution in [1.29, 1.82) is 0 Å². The highest BCUT2D eigenvalue weighted by Crippen LogP contribution is 2.45. The molecule has 0 aromatic rings. The van der Waals surface area contributed by atoms with Gasteiger partial charge in [0.25, 0.3) is 0 Å². The summed E-state index contributed by atoms with van der Waals surface area (Å²) in [5, 5.41) is 0. The number of methoxy groups -OCH3 is 1. The molecule has 4 atom stereocenters. The summed E-state index contributed by atoms with van der Waals surface area (Å²) < 4.78 is 22.7. The Morgan fingerprint density at radius 1 is 1.28 bits per heavy atom. The fraction of sp³-hybridized carbons (Fsp3) is 0.917. The minimum Gasteiger partial charge on any atom is -0.375 e. The summed E-state index contributed by atoms with van der Waals surface area (Å²) >= 11 is 0. The van der Waals surface area contributed by atoms with E-state index in [0.29, 0.717) is 0 Å². The third-order valence-corrected chi connectivity index (χ3v) is 4.02. The van der Waals surface area contributed by atoms with E-state index in [1.54, 1.807) is 0 Å². The second-order valence-corrected chi connectivity index (χ2v) is 5.20.